The third-order valence-electron chi connectivity index (χ3n) is 5.37. The van der Waals surface area contributed by atoms with E-state index in [4.69, 9.17) is 4.74 Å². The van der Waals surface area contributed by atoms with E-state index in [-0.39, 0.29) is 5.92 Å². The van der Waals surface area contributed by atoms with Crippen LogP contribution in [0, 0.1) is 23.7 Å². The summed E-state index contributed by atoms with van der Waals surface area (Å²) >= 11 is 0. The molecule has 2 fully saturated rings. The van der Waals surface area contributed by atoms with Crippen molar-refractivity contribution in [1.29, 1.82) is 0 Å². The van der Waals surface area contributed by atoms with Gasteiger partial charge in [-0.3, -0.25) is 4.79 Å². The van der Waals surface area contributed by atoms with E-state index in [1.54, 1.807) is 0 Å². The molecule has 0 aromatic rings. The van der Waals surface area contributed by atoms with E-state index >= 15 is 0 Å². The second-order valence-corrected chi connectivity index (χ2v) is 7.61. The normalized spacial score (nSPS) is 42.4. The van der Waals surface area contributed by atoms with E-state index in [0.717, 1.165) is 32.1 Å². The first-order chi connectivity index (χ1) is 9.47. The van der Waals surface area contributed by atoms with Crippen molar-refractivity contribution in [2.75, 3.05) is 6.61 Å². The van der Waals surface area contributed by atoms with Crippen LogP contribution in [-0.2, 0) is 9.53 Å². The Balaban J connectivity index is 2.13. The average molecular weight is 280 g/mol. The molecule has 0 saturated heterocycles. The summed E-state index contributed by atoms with van der Waals surface area (Å²) in [6.45, 7) is 9.56. The van der Waals surface area contributed by atoms with Crippen molar-refractivity contribution in [2.24, 2.45) is 23.7 Å². The molecule has 2 heteroatoms. The number of ketones is 1. The molecule has 2 aliphatic rings. The molecular formula is C18H32O2. The molecule has 0 aromatic carbocycles. The van der Waals surface area contributed by atoms with E-state index in [1.807, 2.05) is 6.92 Å². The van der Waals surface area contributed by atoms with E-state index in [9.17, 15) is 4.79 Å². The van der Waals surface area contributed by atoms with Crippen molar-refractivity contribution < 1.29 is 9.53 Å². The summed E-state index contributed by atoms with van der Waals surface area (Å²) < 4.78 is 6.08. The SMILES string of the molecule is CCOC1(C(=O)C2CC(C)CC(C)C2)CCCC(C)C1. The van der Waals surface area contributed by atoms with Crippen LogP contribution < -0.4 is 0 Å². The molecule has 20 heavy (non-hydrogen) atoms. The molecule has 116 valence electrons. The Morgan fingerprint density at radius 1 is 1.10 bits per heavy atom. The third-order valence-corrected chi connectivity index (χ3v) is 5.37. The highest BCUT2D eigenvalue weighted by molar-refractivity contribution is 5.89. The minimum Gasteiger partial charge on any atom is -0.367 e. The lowest BCUT2D eigenvalue weighted by molar-refractivity contribution is -0.157. The molecule has 2 aliphatic carbocycles. The Kier molecular flexibility index (Phi) is 5.28. The summed E-state index contributed by atoms with van der Waals surface area (Å²) in [4.78, 5) is 13.2. The van der Waals surface area contributed by atoms with Crippen LogP contribution in [-0.4, -0.2) is 18.0 Å². The number of hydrogen-bond donors (Lipinski definition) is 0. The number of carbonyl (C=O) groups is 1. The van der Waals surface area contributed by atoms with Gasteiger partial charge < -0.3 is 4.74 Å². The monoisotopic (exact) mass is 280 g/mol. The molecular weight excluding hydrogens is 248 g/mol. The predicted molar refractivity (Wildman–Crippen MR) is 82.7 cm³/mol. The van der Waals surface area contributed by atoms with Gasteiger partial charge in [0.2, 0.25) is 0 Å². The second-order valence-electron chi connectivity index (χ2n) is 7.61. The van der Waals surface area contributed by atoms with Gasteiger partial charge in [0.05, 0.1) is 0 Å². The van der Waals surface area contributed by atoms with Gasteiger partial charge in [-0.1, -0.05) is 27.2 Å². The quantitative estimate of drug-likeness (QED) is 0.751. The van der Waals surface area contributed by atoms with Crippen molar-refractivity contribution in [3.05, 3.63) is 0 Å². The molecule has 0 spiro atoms. The summed E-state index contributed by atoms with van der Waals surface area (Å²) in [6, 6.07) is 0. The van der Waals surface area contributed by atoms with Crippen LogP contribution in [0.15, 0.2) is 0 Å². The molecule has 0 aromatic heterocycles. The third kappa shape index (κ3) is 3.44. The highest BCUT2D eigenvalue weighted by atomic mass is 16.5. The van der Waals surface area contributed by atoms with Crippen LogP contribution >= 0.6 is 0 Å². The molecule has 0 radical (unpaired) electrons. The fourth-order valence-electron chi connectivity index (χ4n) is 4.74. The predicted octanol–water partition coefficient (Wildman–Crippen LogP) is 4.61. The van der Waals surface area contributed by atoms with Gasteiger partial charge in [0.25, 0.3) is 0 Å². The van der Waals surface area contributed by atoms with E-state index in [0.29, 0.717) is 30.1 Å². The van der Waals surface area contributed by atoms with Gasteiger partial charge in [-0.15, -0.1) is 0 Å². The Labute approximate surface area is 124 Å². The molecule has 0 aliphatic heterocycles. The minimum absolute atomic E-state index is 0.241. The van der Waals surface area contributed by atoms with Gasteiger partial charge in [-0.2, -0.15) is 0 Å². The zero-order valence-electron chi connectivity index (χ0n) is 13.8. The lowest BCUT2D eigenvalue weighted by Gasteiger charge is -2.42. The molecule has 2 nitrogen and oxygen atoms in total. The molecule has 4 atom stereocenters. The smallest absolute Gasteiger partial charge is 0.167 e. The Hall–Kier alpha value is -0.370. The van der Waals surface area contributed by atoms with Crippen LogP contribution in [0.4, 0.5) is 0 Å². The minimum atomic E-state index is -0.451. The van der Waals surface area contributed by atoms with Crippen LogP contribution in [0.5, 0.6) is 0 Å². The highest BCUT2D eigenvalue weighted by Gasteiger charge is 2.46. The number of hydrogen-bond acceptors (Lipinski definition) is 2. The molecule has 0 N–H and O–H groups in total. The van der Waals surface area contributed by atoms with Crippen molar-refractivity contribution in [3.63, 3.8) is 0 Å². The van der Waals surface area contributed by atoms with E-state index in [2.05, 4.69) is 20.8 Å². The van der Waals surface area contributed by atoms with Gasteiger partial charge in [-0.05, 0) is 63.2 Å². The number of ether oxygens (including phenoxy) is 1. The number of rotatable bonds is 4. The van der Waals surface area contributed by atoms with Gasteiger partial charge in [0.1, 0.15) is 5.60 Å². The van der Waals surface area contributed by atoms with Gasteiger partial charge in [0.15, 0.2) is 5.78 Å². The van der Waals surface area contributed by atoms with E-state index in [1.165, 1.54) is 12.8 Å². The van der Waals surface area contributed by atoms with Crippen LogP contribution in [0.1, 0.15) is 72.6 Å². The fourth-order valence-corrected chi connectivity index (χ4v) is 4.74. The zero-order valence-corrected chi connectivity index (χ0v) is 13.8. The van der Waals surface area contributed by atoms with Crippen LogP contribution in [0.2, 0.25) is 0 Å². The van der Waals surface area contributed by atoms with Crippen LogP contribution in [0.25, 0.3) is 0 Å². The zero-order chi connectivity index (χ0) is 14.8. The molecule has 2 rings (SSSR count). The summed E-state index contributed by atoms with van der Waals surface area (Å²) in [6.07, 6.45) is 7.72. The lowest BCUT2D eigenvalue weighted by atomic mass is 9.67. The standard InChI is InChI=1S/C18H32O2/c1-5-20-18(8-6-7-13(2)12-18)17(19)16-10-14(3)9-15(4)11-16/h13-16H,5-12H2,1-4H3. The largest absolute Gasteiger partial charge is 0.367 e. The molecule has 0 heterocycles. The number of Topliss-reactive ketones (excluding diaryl/α,β-unsaturated/α-hetero) is 1. The first kappa shape index (κ1) is 16.0. The maximum Gasteiger partial charge on any atom is 0.167 e. The van der Waals surface area contributed by atoms with Crippen LogP contribution in [0.3, 0.4) is 0 Å². The first-order valence-electron chi connectivity index (χ1n) is 8.65. The van der Waals surface area contributed by atoms with Crippen molar-refractivity contribution in [3.8, 4) is 0 Å². The van der Waals surface area contributed by atoms with Crippen molar-refractivity contribution in [2.45, 2.75) is 78.2 Å². The lowest BCUT2D eigenvalue weighted by Crippen LogP contribution is -2.49. The summed E-state index contributed by atoms with van der Waals surface area (Å²) in [5.74, 6) is 2.67. The highest BCUT2D eigenvalue weighted by Crippen LogP contribution is 2.42. The van der Waals surface area contributed by atoms with Crippen molar-refractivity contribution in [1.82, 2.24) is 0 Å². The maximum absolute atomic E-state index is 13.2. The average Bonchev–Trinajstić information content (AvgIpc) is 2.37. The van der Waals surface area contributed by atoms with Gasteiger partial charge >= 0.3 is 0 Å². The van der Waals surface area contributed by atoms with Crippen molar-refractivity contribution >= 4 is 5.78 Å². The summed E-state index contributed by atoms with van der Waals surface area (Å²) in [7, 11) is 0. The van der Waals surface area contributed by atoms with Gasteiger partial charge in [0, 0.05) is 12.5 Å². The molecule has 0 bridgehead atoms. The number of carbonyl (C=O) groups excluding carboxylic acids is 1. The summed E-state index contributed by atoms with van der Waals surface area (Å²) in [5.41, 5.74) is -0.451. The second kappa shape index (κ2) is 6.60. The molecule has 4 unspecified atom stereocenters. The fraction of sp³-hybridized carbons (Fsp3) is 0.944. The Bertz CT molecular complexity index is 324. The van der Waals surface area contributed by atoms with E-state index < -0.39 is 5.60 Å². The first-order valence-corrected chi connectivity index (χ1v) is 8.65. The summed E-state index contributed by atoms with van der Waals surface area (Å²) in [5, 5.41) is 0. The Morgan fingerprint density at radius 3 is 2.30 bits per heavy atom. The molecule has 2 saturated carbocycles. The van der Waals surface area contributed by atoms with Gasteiger partial charge in [-0.25, -0.2) is 0 Å². The maximum atomic E-state index is 13.2. The Morgan fingerprint density at radius 2 is 1.75 bits per heavy atom. The molecule has 0 amide bonds. The topological polar surface area (TPSA) is 26.3 Å².